The van der Waals surface area contributed by atoms with Crippen molar-refractivity contribution >= 4 is 44.0 Å². The van der Waals surface area contributed by atoms with Gasteiger partial charge in [0.2, 0.25) is 10.0 Å². The first-order chi connectivity index (χ1) is 12.6. The fourth-order valence-corrected chi connectivity index (χ4v) is 6.21. The highest BCUT2D eigenvalue weighted by Crippen LogP contribution is 2.34. The lowest BCUT2D eigenvalue weighted by atomic mass is 10.1. The zero-order valence-electron chi connectivity index (χ0n) is 13.5. The molecule has 0 bridgehead atoms. The van der Waals surface area contributed by atoms with E-state index in [4.69, 9.17) is 0 Å². The summed E-state index contributed by atoms with van der Waals surface area (Å²) in [6.45, 7) is 0.316. The minimum absolute atomic E-state index is 0.316. The number of hydrogen-bond donors (Lipinski definition) is 2. The third-order valence-corrected chi connectivity index (χ3v) is 8.44. The summed E-state index contributed by atoms with van der Waals surface area (Å²) in [5, 5.41) is 13.4. The first-order valence-corrected chi connectivity index (χ1v) is 12.0. The van der Waals surface area contributed by atoms with Gasteiger partial charge in [-0.15, -0.1) is 34.0 Å². The maximum Gasteiger partial charge on any atom is 0.250 e. The highest BCUT2D eigenvalue weighted by Gasteiger charge is 2.19. The van der Waals surface area contributed by atoms with Gasteiger partial charge in [0.15, 0.2) is 0 Å². The Labute approximate surface area is 163 Å². The van der Waals surface area contributed by atoms with Crippen LogP contribution in [-0.4, -0.2) is 25.2 Å². The molecule has 0 aliphatic rings. The molecule has 0 spiro atoms. The van der Waals surface area contributed by atoms with E-state index >= 15 is 0 Å². The topological polar surface area (TPSA) is 74.8 Å². The second-order valence-corrected chi connectivity index (χ2v) is 10.3. The molecular formula is C17H15N3O2S4. The van der Waals surface area contributed by atoms with Crippen LogP contribution in [0, 0.1) is 0 Å². The van der Waals surface area contributed by atoms with Gasteiger partial charge in [-0.2, -0.15) is 5.10 Å². The van der Waals surface area contributed by atoms with E-state index in [1.807, 2.05) is 35.0 Å². The summed E-state index contributed by atoms with van der Waals surface area (Å²) in [7, 11) is -3.46. The molecule has 4 aromatic heterocycles. The van der Waals surface area contributed by atoms with E-state index in [0.29, 0.717) is 17.2 Å². The summed E-state index contributed by atoms with van der Waals surface area (Å²) in [6.07, 6.45) is 0.557. The molecule has 0 saturated heterocycles. The van der Waals surface area contributed by atoms with Gasteiger partial charge in [0, 0.05) is 12.1 Å². The van der Waals surface area contributed by atoms with Gasteiger partial charge >= 0.3 is 0 Å². The maximum atomic E-state index is 12.3. The lowest BCUT2D eigenvalue weighted by Gasteiger charge is -2.07. The number of rotatable bonds is 7. The molecule has 4 heterocycles. The van der Waals surface area contributed by atoms with Gasteiger partial charge in [0.05, 0.1) is 15.4 Å². The molecule has 0 aliphatic carbocycles. The molecule has 0 fully saturated rings. The fraction of sp³-hybridized carbons (Fsp3) is 0.118. The number of H-pyrrole nitrogens is 1. The summed E-state index contributed by atoms with van der Waals surface area (Å²) in [6, 6.07) is 11.4. The van der Waals surface area contributed by atoms with Crippen molar-refractivity contribution in [1.29, 1.82) is 0 Å². The zero-order chi connectivity index (χ0) is 18.0. The second kappa shape index (κ2) is 7.45. The Morgan fingerprint density at radius 3 is 2.31 bits per heavy atom. The van der Waals surface area contributed by atoms with Gasteiger partial charge in [0.1, 0.15) is 9.90 Å². The summed E-state index contributed by atoms with van der Waals surface area (Å²) < 4.78 is 27.7. The number of sulfonamides is 1. The van der Waals surface area contributed by atoms with Crippen molar-refractivity contribution in [3.63, 3.8) is 0 Å². The average molecular weight is 422 g/mol. The molecule has 4 aromatic rings. The molecule has 2 N–H and O–H groups in total. The van der Waals surface area contributed by atoms with Crippen LogP contribution in [-0.2, 0) is 16.4 Å². The summed E-state index contributed by atoms with van der Waals surface area (Å²) >= 11 is 4.47. The van der Waals surface area contributed by atoms with Crippen molar-refractivity contribution in [3.8, 4) is 21.1 Å². The molecule has 9 heteroatoms. The van der Waals surface area contributed by atoms with Crippen molar-refractivity contribution in [2.75, 3.05) is 6.54 Å². The van der Waals surface area contributed by atoms with Gasteiger partial charge in [-0.05, 0) is 40.8 Å². The molecule has 0 aromatic carbocycles. The molecule has 134 valence electrons. The highest BCUT2D eigenvalue weighted by atomic mass is 32.2. The predicted octanol–water partition coefficient (Wildman–Crippen LogP) is 4.45. The van der Waals surface area contributed by atoms with Crippen LogP contribution in [0.15, 0.2) is 56.7 Å². The van der Waals surface area contributed by atoms with Crippen LogP contribution in [0.3, 0.4) is 0 Å². The van der Waals surface area contributed by atoms with E-state index in [1.54, 1.807) is 40.2 Å². The van der Waals surface area contributed by atoms with Gasteiger partial charge in [-0.1, -0.05) is 18.2 Å². The van der Waals surface area contributed by atoms with Gasteiger partial charge in [-0.25, -0.2) is 13.1 Å². The van der Waals surface area contributed by atoms with Crippen LogP contribution >= 0.6 is 34.0 Å². The lowest BCUT2D eigenvalue weighted by molar-refractivity contribution is 0.584. The molecule has 0 saturated carbocycles. The zero-order valence-corrected chi connectivity index (χ0v) is 16.8. The van der Waals surface area contributed by atoms with E-state index in [1.165, 1.54) is 11.3 Å². The van der Waals surface area contributed by atoms with E-state index in [2.05, 4.69) is 14.9 Å². The van der Waals surface area contributed by atoms with Gasteiger partial charge in [0.25, 0.3) is 0 Å². The molecule has 0 radical (unpaired) electrons. The number of aromatic nitrogens is 2. The Hall–Kier alpha value is -1.78. The minimum Gasteiger partial charge on any atom is -0.276 e. The Bertz CT molecular complexity index is 1010. The quantitative estimate of drug-likeness (QED) is 0.463. The van der Waals surface area contributed by atoms with Crippen LogP contribution in [0.25, 0.3) is 21.1 Å². The first-order valence-electron chi connectivity index (χ1n) is 7.83. The second-order valence-electron chi connectivity index (χ2n) is 5.46. The van der Waals surface area contributed by atoms with Crippen LogP contribution in [0.4, 0.5) is 0 Å². The summed E-state index contributed by atoms with van der Waals surface area (Å²) in [5.41, 5.74) is 2.88. The standard InChI is InChI=1S/C17H15N3O2S4/c21-26(22,15-6-3-11-25-15)18-8-7-12-16(13-4-1-9-23-13)19-20-17(12)14-5-2-10-24-14/h1-6,9-11,18H,7-8H2,(H,19,20). The predicted molar refractivity (Wildman–Crippen MR) is 108 cm³/mol. The molecule has 4 rings (SSSR count). The van der Waals surface area contributed by atoms with E-state index in [9.17, 15) is 8.42 Å². The average Bonchev–Trinajstić information content (AvgIpc) is 3.41. The molecule has 0 aliphatic heterocycles. The number of nitrogens with one attached hydrogen (secondary N) is 2. The number of thiophene rings is 3. The smallest absolute Gasteiger partial charge is 0.250 e. The van der Waals surface area contributed by atoms with Crippen molar-refractivity contribution < 1.29 is 8.42 Å². The van der Waals surface area contributed by atoms with Crippen LogP contribution in [0.2, 0.25) is 0 Å². The van der Waals surface area contributed by atoms with Gasteiger partial charge in [-0.3, -0.25) is 5.10 Å². The number of hydrogen-bond acceptors (Lipinski definition) is 6. The van der Waals surface area contributed by atoms with E-state index < -0.39 is 10.0 Å². The number of nitrogens with zero attached hydrogens (tertiary/aromatic N) is 1. The lowest BCUT2D eigenvalue weighted by Crippen LogP contribution is -2.25. The van der Waals surface area contributed by atoms with Crippen LogP contribution < -0.4 is 4.72 Å². The SMILES string of the molecule is O=S(=O)(NCCc1c(-c2cccs2)n[nH]c1-c1cccs1)c1cccs1. The number of aromatic amines is 1. The Morgan fingerprint density at radius 1 is 0.962 bits per heavy atom. The van der Waals surface area contributed by atoms with Crippen LogP contribution in [0.1, 0.15) is 5.56 Å². The largest absolute Gasteiger partial charge is 0.276 e. The summed E-state index contributed by atoms with van der Waals surface area (Å²) in [4.78, 5) is 2.16. The molecular weight excluding hydrogens is 406 g/mol. The monoisotopic (exact) mass is 421 g/mol. The van der Waals surface area contributed by atoms with Crippen molar-refractivity contribution in [3.05, 3.63) is 58.1 Å². The minimum atomic E-state index is -3.46. The van der Waals surface area contributed by atoms with Crippen molar-refractivity contribution in [2.24, 2.45) is 0 Å². The third kappa shape index (κ3) is 3.53. The van der Waals surface area contributed by atoms with E-state index in [-0.39, 0.29) is 0 Å². The molecule has 26 heavy (non-hydrogen) atoms. The summed E-state index contributed by atoms with van der Waals surface area (Å²) in [5.74, 6) is 0. The van der Waals surface area contributed by atoms with Crippen molar-refractivity contribution in [1.82, 2.24) is 14.9 Å². The first kappa shape index (κ1) is 17.6. The fourth-order valence-electron chi connectivity index (χ4n) is 2.65. The molecule has 0 amide bonds. The normalized spacial score (nSPS) is 11.8. The van der Waals surface area contributed by atoms with E-state index in [0.717, 1.165) is 26.7 Å². The highest BCUT2D eigenvalue weighted by molar-refractivity contribution is 7.91. The molecule has 0 atom stereocenters. The van der Waals surface area contributed by atoms with Crippen molar-refractivity contribution in [2.45, 2.75) is 10.6 Å². The Kier molecular flexibility index (Phi) is 5.05. The van der Waals surface area contributed by atoms with Gasteiger partial charge < -0.3 is 0 Å². The molecule has 5 nitrogen and oxygen atoms in total. The maximum absolute atomic E-state index is 12.3. The third-order valence-electron chi connectivity index (χ3n) is 3.82. The Morgan fingerprint density at radius 2 is 1.65 bits per heavy atom. The Balaban J connectivity index is 1.60. The molecule has 0 unspecified atom stereocenters. The van der Waals surface area contributed by atoms with Crippen LogP contribution in [0.5, 0.6) is 0 Å².